The van der Waals surface area contributed by atoms with Crippen molar-refractivity contribution in [1.29, 1.82) is 0 Å². The van der Waals surface area contributed by atoms with Crippen LogP contribution in [0.15, 0.2) is 77.6 Å². The predicted molar refractivity (Wildman–Crippen MR) is 142 cm³/mol. The number of hydrogen-bond acceptors (Lipinski definition) is 6. The van der Waals surface area contributed by atoms with Crippen molar-refractivity contribution in [2.24, 2.45) is 0 Å². The lowest BCUT2D eigenvalue weighted by Crippen LogP contribution is -2.38. The number of rotatable bonds is 6. The zero-order valence-electron chi connectivity index (χ0n) is 20.9. The third-order valence-corrected chi connectivity index (χ3v) is 7.23. The van der Waals surface area contributed by atoms with Gasteiger partial charge in [-0.25, -0.2) is 4.68 Å². The largest absolute Gasteiger partial charge is 0.497 e. The van der Waals surface area contributed by atoms with Crippen LogP contribution in [-0.4, -0.2) is 43.7 Å². The topological polar surface area (TPSA) is 88.9 Å². The van der Waals surface area contributed by atoms with Gasteiger partial charge < -0.3 is 9.72 Å². The summed E-state index contributed by atoms with van der Waals surface area (Å²) in [6.45, 7) is 3.99. The lowest BCUT2D eigenvalue weighted by Gasteiger charge is -2.34. The lowest BCUT2D eigenvalue weighted by atomic mass is 9.95. The van der Waals surface area contributed by atoms with E-state index in [1.165, 1.54) is 11.1 Å². The summed E-state index contributed by atoms with van der Waals surface area (Å²) in [6.07, 6.45) is 0.900. The molecule has 2 aromatic heterocycles. The molecule has 5 aromatic rings. The van der Waals surface area contributed by atoms with Crippen molar-refractivity contribution in [3.8, 4) is 5.75 Å². The van der Waals surface area contributed by atoms with Crippen LogP contribution in [0.4, 0.5) is 0 Å². The minimum atomic E-state index is -0.407. The average Bonchev–Trinajstić information content (AvgIpc) is 3.37. The van der Waals surface area contributed by atoms with Crippen LogP contribution in [0, 0.1) is 6.92 Å². The molecule has 0 unspecified atom stereocenters. The number of methoxy groups -OCH3 is 1. The first-order valence-electron chi connectivity index (χ1n) is 12.4. The van der Waals surface area contributed by atoms with Gasteiger partial charge in [0.15, 0.2) is 5.82 Å². The van der Waals surface area contributed by atoms with E-state index in [4.69, 9.17) is 4.74 Å². The van der Waals surface area contributed by atoms with Crippen LogP contribution >= 0.6 is 0 Å². The highest BCUT2D eigenvalue weighted by atomic mass is 16.5. The van der Waals surface area contributed by atoms with E-state index in [9.17, 15) is 4.79 Å². The molecule has 0 fully saturated rings. The van der Waals surface area contributed by atoms with Crippen LogP contribution in [0.3, 0.4) is 0 Å². The van der Waals surface area contributed by atoms with Crippen LogP contribution in [-0.2, 0) is 19.5 Å². The van der Waals surface area contributed by atoms with Crippen LogP contribution in [0.2, 0.25) is 0 Å². The van der Waals surface area contributed by atoms with Crippen molar-refractivity contribution in [3.63, 3.8) is 0 Å². The Labute approximate surface area is 214 Å². The van der Waals surface area contributed by atoms with Crippen LogP contribution in [0.25, 0.3) is 10.9 Å². The zero-order chi connectivity index (χ0) is 25.4. The number of nitrogens with one attached hydrogen (secondary N) is 1. The van der Waals surface area contributed by atoms with Gasteiger partial charge in [0.1, 0.15) is 11.8 Å². The van der Waals surface area contributed by atoms with Crippen molar-refractivity contribution < 1.29 is 4.74 Å². The Morgan fingerprint density at radius 2 is 1.84 bits per heavy atom. The molecule has 0 saturated carbocycles. The van der Waals surface area contributed by atoms with Crippen molar-refractivity contribution in [2.45, 2.75) is 32.5 Å². The zero-order valence-corrected chi connectivity index (χ0v) is 20.9. The third-order valence-electron chi connectivity index (χ3n) is 7.23. The van der Waals surface area contributed by atoms with Crippen molar-refractivity contribution in [1.82, 2.24) is 30.1 Å². The molecule has 1 aliphatic rings. The second-order valence-corrected chi connectivity index (χ2v) is 9.53. The molecule has 0 spiro atoms. The summed E-state index contributed by atoms with van der Waals surface area (Å²) in [7, 11) is 1.65. The molecule has 37 heavy (non-hydrogen) atoms. The van der Waals surface area contributed by atoms with Gasteiger partial charge in [0.05, 0.1) is 19.2 Å². The van der Waals surface area contributed by atoms with Gasteiger partial charge in [-0.1, -0.05) is 54.6 Å². The summed E-state index contributed by atoms with van der Waals surface area (Å²) in [5, 5.41) is 13.8. The molecule has 0 amide bonds. The first-order valence-corrected chi connectivity index (χ1v) is 12.4. The Bertz CT molecular complexity index is 1620. The minimum absolute atomic E-state index is 0.121. The normalized spacial score (nSPS) is 14.4. The maximum absolute atomic E-state index is 13.6. The molecule has 1 atom stereocenters. The molecule has 0 aliphatic carbocycles. The Hall–Kier alpha value is -4.30. The van der Waals surface area contributed by atoms with Gasteiger partial charge in [-0.2, -0.15) is 0 Å². The summed E-state index contributed by atoms with van der Waals surface area (Å²) in [4.78, 5) is 19.0. The summed E-state index contributed by atoms with van der Waals surface area (Å²) in [5.74, 6) is 1.44. The highest BCUT2D eigenvalue weighted by Gasteiger charge is 2.32. The van der Waals surface area contributed by atoms with E-state index in [1.54, 1.807) is 11.8 Å². The summed E-state index contributed by atoms with van der Waals surface area (Å²) in [6, 6.07) is 24.0. The molecule has 6 rings (SSSR count). The molecule has 8 heteroatoms. The number of ether oxygens (including phenoxy) is 1. The molecule has 0 radical (unpaired) electrons. The van der Waals surface area contributed by atoms with Gasteiger partial charge in [-0.05, 0) is 69.6 Å². The highest BCUT2D eigenvalue weighted by Crippen LogP contribution is 2.32. The van der Waals surface area contributed by atoms with Crippen LogP contribution < -0.4 is 10.3 Å². The minimum Gasteiger partial charge on any atom is -0.497 e. The molecule has 0 bridgehead atoms. The van der Waals surface area contributed by atoms with Gasteiger partial charge in [-0.15, -0.1) is 5.10 Å². The van der Waals surface area contributed by atoms with Gasteiger partial charge in [0.2, 0.25) is 0 Å². The Morgan fingerprint density at radius 1 is 1.03 bits per heavy atom. The average molecular weight is 493 g/mol. The van der Waals surface area contributed by atoms with E-state index in [0.29, 0.717) is 24.5 Å². The molecule has 8 nitrogen and oxygen atoms in total. The molecule has 3 aromatic carbocycles. The van der Waals surface area contributed by atoms with Crippen LogP contribution in [0.5, 0.6) is 5.75 Å². The number of para-hydroxylation sites is 1. The van der Waals surface area contributed by atoms with E-state index in [1.807, 2.05) is 55.5 Å². The van der Waals surface area contributed by atoms with Gasteiger partial charge in [0, 0.05) is 18.7 Å². The summed E-state index contributed by atoms with van der Waals surface area (Å²) >= 11 is 0. The molecular weight excluding hydrogens is 464 g/mol. The lowest BCUT2D eigenvalue weighted by molar-refractivity contribution is 0.194. The quantitative estimate of drug-likeness (QED) is 0.385. The monoisotopic (exact) mass is 492 g/mol. The maximum atomic E-state index is 13.6. The van der Waals surface area contributed by atoms with Gasteiger partial charge in [0.25, 0.3) is 5.56 Å². The number of nitrogens with zero attached hydrogens (tertiary/aromatic N) is 5. The number of benzene rings is 3. The first kappa shape index (κ1) is 23.1. The summed E-state index contributed by atoms with van der Waals surface area (Å²) in [5.41, 5.74) is 6.07. The number of pyridine rings is 1. The number of hydrogen-bond donors (Lipinski definition) is 1. The molecule has 3 heterocycles. The number of aromatic amines is 1. The molecule has 186 valence electrons. The smallest absolute Gasteiger partial charge is 0.253 e. The Kier molecular flexibility index (Phi) is 6.02. The second-order valence-electron chi connectivity index (χ2n) is 9.53. The first-order chi connectivity index (χ1) is 18.1. The van der Waals surface area contributed by atoms with E-state index in [-0.39, 0.29) is 5.56 Å². The molecular formula is C29H28N6O2. The fourth-order valence-corrected chi connectivity index (χ4v) is 5.26. The number of tetrazole rings is 1. The Balaban J connectivity index is 1.46. The van der Waals surface area contributed by atoms with E-state index >= 15 is 0 Å². The highest BCUT2D eigenvalue weighted by molar-refractivity contribution is 5.82. The van der Waals surface area contributed by atoms with Gasteiger partial charge in [-0.3, -0.25) is 9.69 Å². The summed E-state index contributed by atoms with van der Waals surface area (Å²) < 4.78 is 7.10. The van der Waals surface area contributed by atoms with E-state index in [0.717, 1.165) is 40.7 Å². The van der Waals surface area contributed by atoms with E-state index in [2.05, 4.69) is 49.7 Å². The van der Waals surface area contributed by atoms with E-state index < -0.39 is 6.04 Å². The fraction of sp³-hybridized carbons (Fsp3) is 0.241. The number of fused-ring (bicyclic) bond motifs is 2. The number of aromatic nitrogens is 5. The Morgan fingerprint density at radius 3 is 2.65 bits per heavy atom. The SMILES string of the molecule is COc1ccc(Cn2nnnc2[C@@H](c2cc3cccc(C)c3[nH]c2=O)N2CCc3ccccc3C2)cc1. The van der Waals surface area contributed by atoms with Crippen LogP contribution in [0.1, 0.15) is 39.7 Å². The molecule has 1 aliphatic heterocycles. The predicted octanol–water partition coefficient (Wildman–Crippen LogP) is 4.03. The molecule has 0 saturated heterocycles. The van der Waals surface area contributed by atoms with Crippen molar-refractivity contribution in [2.75, 3.05) is 13.7 Å². The standard InChI is InChI=1S/C29H28N6O2/c1-19-6-5-9-22-16-25(29(36)30-26(19)22)27(34-15-14-21-7-3-4-8-23(21)18-34)28-31-32-33-35(28)17-20-10-12-24(37-2)13-11-20/h3-13,16,27H,14-15,17-18H2,1-2H3,(H,30,36)/t27-/m1/s1. The third kappa shape index (κ3) is 4.40. The fourth-order valence-electron chi connectivity index (χ4n) is 5.26. The number of aryl methyl sites for hydroxylation is 1. The van der Waals surface area contributed by atoms with Crippen molar-refractivity contribution >= 4 is 10.9 Å². The maximum Gasteiger partial charge on any atom is 0.253 e. The number of H-pyrrole nitrogens is 1. The van der Waals surface area contributed by atoms with Crippen molar-refractivity contribution in [3.05, 3.63) is 117 Å². The van der Waals surface area contributed by atoms with Gasteiger partial charge >= 0.3 is 0 Å². The second kappa shape index (κ2) is 9.63. The molecule has 1 N–H and O–H groups in total.